The molecule has 1 atom stereocenters. The number of carbonyl (C=O) groups is 1. The van der Waals surface area contributed by atoms with Crippen LogP contribution in [-0.4, -0.2) is 37.5 Å². The summed E-state index contributed by atoms with van der Waals surface area (Å²) >= 11 is 0. The summed E-state index contributed by atoms with van der Waals surface area (Å²) in [6.07, 6.45) is 5.37. The molecule has 1 aliphatic rings. The van der Waals surface area contributed by atoms with Crippen LogP contribution in [0.5, 0.6) is 0 Å². The summed E-state index contributed by atoms with van der Waals surface area (Å²) < 4.78 is 0. The van der Waals surface area contributed by atoms with Gasteiger partial charge in [0.1, 0.15) is 0 Å². The lowest BCUT2D eigenvalue weighted by atomic mass is 10.00. The number of nitrogens with one attached hydrogen (secondary N) is 1. The highest BCUT2D eigenvalue weighted by Crippen LogP contribution is 2.27. The van der Waals surface area contributed by atoms with Gasteiger partial charge >= 0.3 is 0 Å². The second-order valence-corrected chi connectivity index (χ2v) is 4.50. The molecule has 0 bridgehead atoms. The smallest absolute Gasteiger partial charge is 0.236 e. The van der Waals surface area contributed by atoms with Gasteiger partial charge in [0, 0.05) is 20.1 Å². The summed E-state index contributed by atoms with van der Waals surface area (Å²) in [5.41, 5.74) is 0. The van der Waals surface area contributed by atoms with E-state index in [2.05, 4.69) is 12.2 Å². The molecule has 0 spiro atoms. The zero-order chi connectivity index (χ0) is 10.6. The standard InChI is InChI=1S/C11H22N2O/c1-9(10-6-4-5-7-10)12-8-11(14)13(2)3/h9-10,12H,4-8H2,1-3H3/t9-/m1/s1. The van der Waals surface area contributed by atoms with Gasteiger partial charge in [-0.05, 0) is 25.7 Å². The molecule has 0 radical (unpaired) electrons. The van der Waals surface area contributed by atoms with E-state index in [-0.39, 0.29) is 5.91 Å². The van der Waals surface area contributed by atoms with Gasteiger partial charge in [0.15, 0.2) is 0 Å². The Morgan fingerprint density at radius 3 is 2.50 bits per heavy atom. The van der Waals surface area contributed by atoms with Gasteiger partial charge in [0.25, 0.3) is 0 Å². The normalized spacial score (nSPS) is 19.6. The molecular formula is C11H22N2O. The summed E-state index contributed by atoms with van der Waals surface area (Å²) in [6.45, 7) is 2.67. The minimum absolute atomic E-state index is 0.162. The van der Waals surface area contributed by atoms with E-state index >= 15 is 0 Å². The SMILES string of the molecule is C[C@@H](NCC(=O)N(C)C)C1CCCC1. The first-order valence-electron chi connectivity index (χ1n) is 5.55. The zero-order valence-corrected chi connectivity index (χ0v) is 9.55. The van der Waals surface area contributed by atoms with E-state index in [0.717, 1.165) is 5.92 Å². The van der Waals surface area contributed by atoms with Crippen molar-refractivity contribution in [3.63, 3.8) is 0 Å². The van der Waals surface area contributed by atoms with E-state index in [1.54, 1.807) is 19.0 Å². The lowest BCUT2D eigenvalue weighted by Crippen LogP contribution is -2.40. The number of hydrogen-bond donors (Lipinski definition) is 1. The molecule has 82 valence electrons. The van der Waals surface area contributed by atoms with Gasteiger partial charge in [-0.15, -0.1) is 0 Å². The Balaban J connectivity index is 2.20. The Labute approximate surface area is 86.9 Å². The highest BCUT2D eigenvalue weighted by Gasteiger charge is 2.21. The van der Waals surface area contributed by atoms with Crippen LogP contribution in [-0.2, 0) is 4.79 Å². The van der Waals surface area contributed by atoms with Gasteiger partial charge in [-0.1, -0.05) is 12.8 Å². The molecule has 0 aromatic carbocycles. The van der Waals surface area contributed by atoms with E-state index in [9.17, 15) is 4.79 Å². The quantitative estimate of drug-likeness (QED) is 0.737. The Bertz CT molecular complexity index is 186. The summed E-state index contributed by atoms with van der Waals surface area (Å²) in [5.74, 6) is 0.944. The fraction of sp³-hybridized carbons (Fsp3) is 0.909. The topological polar surface area (TPSA) is 32.3 Å². The van der Waals surface area contributed by atoms with Gasteiger partial charge < -0.3 is 10.2 Å². The number of rotatable bonds is 4. The Hall–Kier alpha value is -0.570. The minimum atomic E-state index is 0.162. The summed E-state index contributed by atoms with van der Waals surface area (Å²) in [5, 5.41) is 3.31. The van der Waals surface area contributed by atoms with Gasteiger partial charge in [-0.25, -0.2) is 0 Å². The van der Waals surface area contributed by atoms with E-state index in [1.807, 2.05) is 0 Å². The van der Waals surface area contributed by atoms with Crippen molar-refractivity contribution in [2.24, 2.45) is 5.92 Å². The lowest BCUT2D eigenvalue weighted by Gasteiger charge is -2.21. The average Bonchev–Trinajstić information content (AvgIpc) is 2.66. The van der Waals surface area contributed by atoms with Crippen LogP contribution < -0.4 is 5.32 Å². The van der Waals surface area contributed by atoms with Crippen molar-refractivity contribution in [3.8, 4) is 0 Å². The Morgan fingerprint density at radius 1 is 1.43 bits per heavy atom. The second kappa shape index (κ2) is 5.35. The molecule has 1 saturated carbocycles. The molecule has 0 heterocycles. The van der Waals surface area contributed by atoms with E-state index in [0.29, 0.717) is 12.6 Å². The van der Waals surface area contributed by atoms with Crippen molar-refractivity contribution in [1.82, 2.24) is 10.2 Å². The molecular weight excluding hydrogens is 176 g/mol. The molecule has 1 rings (SSSR count). The molecule has 14 heavy (non-hydrogen) atoms. The van der Waals surface area contributed by atoms with Crippen LogP contribution in [0.2, 0.25) is 0 Å². The number of nitrogens with zero attached hydrogens (tertiary/aromatic N) is 1. The average molecular weight is 198 g/mol. The Morgan fingerprint density at radius 2 is 2.00 bits per heavy atom. The number of amides is 1. The third-order valence-electron chi connectivity index (χ3n) is 3.18. The van der Waals surface area contributed by atoms with Crippen LogP contribution in [0.4, 0.5) is 0 Å². The number of hydrogen-bond acceptors (Lipinski definition) is 2. The van der Waals surface area contributed by atoms with Crippen LogP contribution in [0.3, 0.4) is 0 Å². The first kappa shape index (κ1) is 11.5. The van der Waals surface area contributed by atoms with Crippen LogP contribution in [0.15, 0.2) is 0 Å². The molecule has 1 aliphatic carbocycles. The predicted octanol–water partition coefficient (Wildman–Crippen LogP) is 1.24. The number of carbonyl (C=O) groups excluding carboxylic acids is 1. The molecule has 0 unspecified atom stereocenters. The third kappa shape index (κ3) is 3.29. The maximum Gasteiger partial charge on any atom is 0.236 e. The van der Waals surface area contributed by atoms with E-state index < -0.39 is 0 Å². The van der Waals surface area contributed by atoms with Crippen molar-refractivity contribution < 1.29 is 4.79 Å². The van der Waals surface area contributed by atoms with Crippen molar-refractivity contribution in [1.29, 1.82) is 0 Å². The first-order chi connectivity index (χ1) is 6.61. The molecule has 0 saturated heterocycles. The van der Waals surface area contributed by atoms with Gasteiger partial charge in [0.2, 0.25) is 5.91 Å². The van der Waals surface area contributed by atoms with Crippen molar-refractivity contribution in [3.05, 3.63) is 0 Å². The fourth-order valence-electron chi connectivity index (χ4n) is 2.03. The summed E-state index contributed by atoms with van der Waals surface area (Å²) in [7, 11) is 3.59. The van der Waals surface area contributed by atoms with Crippen LogP contribution in [0, 0.1) is 5.92 Å². The van der Waals surface area contributed by atoms with Crippen molar-refractivity contribution in [2.75, 3.05) is 20.6 Å². The second-order valence-electron chi connectivity index (χ2n) is 4.50. The van der Waals surface area contributed by atoms with Gasteiger partial charge in [-0.2, -0.15) is 0 Å². The molecule has 0 aromatic rings. The van der Waals surface area contributed by atoms with E-state index in [1.165, 1.54) is 25.7 Å². The highest BCUT2D eigenvalue weighted by molar-refractivity contribution is 5.77. The first-order valence-corrected chi connectivity index (χ1v) is 5.55. The predicted molar refractivity (Wildman–Crippen MR) is 58.1 cm³/mol. The Kier molecular flexibility index (Phi) is 4.39. The van der Waals surface area contributed by atoms with Gasteiger partial charge in [-0.3, -0.25) is 4.79 Å². The largest absolute Gasteiger partial charge is 0.348 e. The molecule has 0 aliphatic heterocycles. The molecule has 1 N–H and O–H groups in total. The molecule has 1 amide bonds. The van der Waals surface area contributed by atoms with Crippen LogP contribution in [0.1, 0.15) is 32.6 Å². The van der Waals surface area contributed by atoms with Gasteiger partial charge in [0.05, 0.1) is 6.54 Å². The summed E-state index contributed by atoms with van der Waals surface area (Å²) in [6, 6.07) is 0.487. The summed E-state index contributed by atoms with van der Waals surface area (Å²) in [4.78, 5) is 13.0. The third-order valence-corrected chi connectivity index (χ3v) is 3.18. The minimum Gasteiger partial charge on any atom is -0.348 e. The maximum atomic E-state index is 11.3. The van der Waals surface area contributed by atoms with Crippen molar-refractivity contribution >= 4 is 5.91 Å². The van der Waals surface area contributed by atoms with E-state index in [4.69, 9.17) is 0 Å². The molecule has 3 nitrogen and oxygen atoms in total. The highest BCUT2D eigenvalue weighted by atomic mass is 16.2. The molecule has 1 fully saturated rings. The van der Waals surface area contributed by atoms with Crippen molar-refractivity contribution in [2.45, 2.75) is 38.6 Å². The fourth-order valence-corrected chi connectivity index (χ4v) is 2.03. The zero-order valence-electron chi connectivity index (χ0n) is 9.55. The van der Waals surface area contributed by atoms with Crippen LogP contribution >= 0.6 is 0 Å². The van der Waals surface area contributed by atoms with Crippen LogP contribution in [0.25, 0.3) is 0 Å². The maximum absolute atomic E-state index is 11.3. The number of likely N-dealkylation sites (N-methyl/N-ethyl adjacent to an activating group) is 1. The monoisotopic (exact) mass is 198 g/mol. The molecule has 0 aromatic heterocycles. The lowest BCUT2D eigenvalue weighted by molar-refractivity contribution is -0.127. The molecule has 3 heteroatoms.